The van der Waals surface area contributed by atoms with Crippen molar-refractivity contribution in [3.05, 3.63) is 176 Å². The highest BCUT2D eigenvalue weighted by Crippen LogP contribution is 2.44. The fourth-order valence-electron chi connectivity index (χ4n) is 7.48. The number of fused-ring (bicyclic) bond motifs is 8. The molecule has 10 aromatic rings. The van der Waals surface area contributed by atoms with E-state index in [1.54, 1.807) is 0 Å². The fourth-order valence-corrected chi connectivity index (χ4v) is 8.63. The molecule has 0 spiro atoms. The lowest BCUT2D eigenvalue weighted by Gasteiger charge is -2.13. The molecule has 0 saturated heterocycles. The molecule has 0 atom stereocenters. The van der Waals surface area contributed by atoms with Gasteiger partial charge in [-0.25, -0.2) is 0 Å². The van der Waals surface area contributed by atoms with Gasteiger partial charge in [0.15, 0.2) is 0 Å². The van der Waals surface area contributed by atoms with Crippen LogP contribution in [-0.2, 0) is 0 Å². The normalized spacial score (nSPS) is 11.8. The molecule has 0 aliphatic carbocycles. The monoisotopic (exact) mass is 627 g/mol. The van der Waals surface area contributed by atoms with E-state index in [4.69, 9.17) is 0 Å². The summed E-state index contributed by atoms with van der Waals surface area (Å²) in [7, 11) is 0. The Bertz CT molecular complexity index is 2750. The summed E-state index contributed by atoms with van der Waals surface area (Å²) in [5.41, 5.74) is 10.9. The number of hydrogen-bond acceptors (Lipinski definition) is 1. The topological polar surface area (TPSA) is 4.93 Å². The van der Waals surface area contributed by atoms with E-state index < -0.39 is 0 Å². The molecule has 0 amide bonds. The fraction of sp³-hybridized carbons (Fsp3) is 0. The van der Waals surface area contributed by atoms with Gasteiger partial charge in [-0.2, -0.15) is 0 Å². The molecular formula is C46H29NS. The molecule has 2 aromatic heterocycles. The summed E-state index contributed by atoms with van der Waals surface area (Å²) in [5, 5.41) is 7.89. The molecular weight excluding hydrogens is 599 g/mol. The third-order valence-electron chi connectivity index (χ3n) is 9.74. The summed E-state index contributed by atoms with van der Waals surface area (Å²) in [6, 6.07) is 64.3. The van der Waals surface area contributed by atoms with Crippen LogP contribution in [0.15, 0.2) is 176 Å². The Labute approximate surface area is 282 Å². The van der Waals surface area contributed by atoms with E-state index in [0.717, 1.165) is 5.69 Å². The second-order valence-corrected chi connectivity index (χ2v) is 13.6. The number of para-hydroxylation sites is 1. The van der Waals surface area contributed by atoms with E-state index in [0.29, 0.717) is 0 Å². The molecule has 0 aliphatic rings. The maximum atomic E-state index is 2.44. The Hall–Kier alpha value is -5.96. The van der Waals surface area contributed by atoms with Crippen molar-refractivity contribution < 1.29 is 0 Å². The van der Waals surface area contributed by atoms with Crippen molar-refractivity contribution in [2.45, 2.75) is 0 Å². The minimum atomic E-state index is 1.16. The molecule has 1 nitrogen and oxygen atoms in total. The third-order valence-corrected chi connectivity index (χ3v) is 10.9. The molecule has 0 radical (unpaired) electrons. The van der Waals surface area contributed by atoms with Crippen LogP contribution in [0.1, 0.15) is 0 Å². The summed E-state index contributed by atoms with van der Waals surface area (Å²) in [6.45, 7) is 0. The van der Waals surface area contributed by atoms with Gasteiger partial charge in [-0.3, -0.25) is 0 Å². The number of rotatable bonds is 4. The van der Waals surface area contributed by atoms with E-state index in [1.807, 2.05) is 11.3 Å². The van der Waals surface area contributed by atoms with Gasteiger partial charge in [0.2, 0.25) is 0 Å². The number of benzene rings is 8. The molecule has 0 N–H and O–H groups in total. The lowest BCUT2D eigenvalue weighted by atomic mass is 9.93. The first-order chi connectivity index (χ1) is 23.8. The van der Waals surface area contributed by atoms with Crippen molar-refractivity contribution in [2.24, 2.45) is 0 Å². The number of thiophene rings is 1. The van der Waals surface area contributed by atoms with Gasteiger partial charge in [0, 0.05) is 36.6 Å². The molecule has 2 heterocycles. The minimum Gasteiger partial charge on any atom is -0.309 e. The van der Waals surface area contributed by atoms with Gasteiger partial charge in [0.25, 0.3) is 0 Å². The highest BCUT2D eigenvalue weighted by molar-refractivity contribution is 7.26. The van der Waals surface area contributed by atoms with E-state index in [2.05, 4.69) is 180 Å². The van der Waals surface area contributed by atoms with Crippen LogP contribution < -0.4 is 0 Å². The zero-order valence-corrected chi connectivity index (χ0v) is 26.9. The number of aromatic nitrogens is 1. The molecule has 8 aromatic carbocycles. The van der Waals surface area contributed by atoms with E-state index in [9.17, 15) is 0 Å². The second kappa shape index (κ2) is 10.8. The van der Waals surface area contributed by atoms with Crippen molar-refractivity contribution in [3.8, 4) is 39.1 Å². The van der Waals surface area contributed by atoms with Crippen molar-refractivity contribution >= 4 is 64.1 Å². The quantitative estimate of drug-likeness (QED) is 0.183. The smallest absolute Gasteiger partial charge is 0.0548 e. The average Bonchev–Trinajstić information content (AvgIpc) is 3.69. The van der Waals surface area contributed by atoms with Gasteiger partial charge >= 0.3 is 0 Å². The maximum absolute atomic E-state index is 2.44. The Balaban J connectivity index is 1.15. The zero-order chi connectivity index (χ0) is 31.6. The van der Waals surface area contributed by atoms with Crippen LogP contribution >= 0.6 is 11.3 Å². The highest BCUT2D eigenvalue weighted by Gasteiger charge is 2.18. The standard InChI is InChI=1S/C46H29NS/c1-3-11-30(12-4-1)35-25-36(31-13-5-2-6-14-31)27-37(26-35)32-19-21-38(22-20-32)47-41-18-10-9-17-39(41)45-42(47)23-24-43-46(45)40-28-33-15-7-8-16-34(33)29-44(40)48-43/h1-29H. The molecule has 10 rings (SSSR count). The van der Waals surface area contributed by atoms with Crippen LogP contribution in [0, 0.1) is 0 Å². The number of nitrogens with zero attached hydrogens (tertiary/aromatic N) is 1. The summed E-state index contributed by atoms with van der Waals surface area (Å²) in [4.78, 5) is 0. The maximum Gasteiger partial charge on any atom is 0.0548 e. The lowest BCUT2D eigenvalue weighted by molar-refractivity contribution is 1.18. The van der Waals surface area contributed by atoms with Crippen LogP contribution in [-0.4, -0.2) is 4.57 Å². The largest absolute Gasteiger partial charge is 0.309 e. The third kappa shape index (κ3) is 4.31. The van der Waals surface area contributed by atoms with Crippen molar-refractivity contribution in [1.29, 1.82) is 0 Å². The first kappa shape index (κ1) is 27.2. The molecule has 0 bridgehead atoms. The van der Waals surface area contributed by atoms with Crippen LogP contribution in [0.3, 0.4) is 0 Å². The van der Waals surface area contributed by atoms with Crippen LogP contribution in [0.2, 0.25) is 0 Å². The lowest BCUT2D eigenvalue weighted by Crippen LogP contribution is -1.94. The summed E-state index contributed by atoms with van der Waals surface area (Å²) < 4.78 is 5.11. The van der Waals surface area contributed by atoms with Crippen molar-refractivity contribution in [2.75, 3.05) is 0 Å². The summed E-state index contributed by atoms with van der Waals surface area (Å²) in [6.07, 6.45) is 0. The van der Waals surface area contributed by atoms with Crippen LogP contribution in [0.4, 0.5) is 0 Å². The molecule has 0 saturated carbocycles. The first-order valence-electron chi connectivity index (χ1n) is 16.4. The van der Waals surface area contributed by atoms with Gasteiger partial charge in [0.05, 0.1) is 11.0 Å². The molecule has 0 fully saturated rings. The number of hydrogen-bond donors (Lipinski definition) is 0. The van der Waals surface area contributed by atoms with Gasteiger partial charge in [-0.05, 0) is 105 Å². The first-order valence-corrected chi connectivity index (χ1v) is 17.2. The van der Waals surface area contributed by atoms with Gasteiger partial charge in [-0.1, -0.05) is 115 Å². The minimum absolute atomic E-state index is 1.16. The van der Waals surface area contributed by atoms with Gasteiger partial charge in [-0.15, -0.1) is 11.3 Å². The average molecular weight is 628 g/mol. The van der Waals surface area contributed by atoms with Crippen LogP contribution in [0.5, 0.6) is 0 Å². The zero-order valence-electron chi connectivity index (χ0n) is 26.1. The molecule has 2 heteroatoms. The predicted octanol–water partition coefficient (Wildman–Crippen LogP) is 13.3. The molecule has 224 valence electrons. The van der Waals surface area contributed by atoms with Gasteiger partial charge in [0.1, 0.15) is 0 Å². The van der Waals surface area contributed by atoms with Crippen LogP contribution in [0.25, 0.3) is 91.8 Å². The van der Waals surface area contributed by atoms with E-state index in [1.165, 1.54) is 86.1 Å². The molecule has 0 unspecified atom stereocenters. The van der Waals surface area contributed by atoms with E-state index in [-0.39, 0.29) is 0 Å². The predicted molar refractivity (Wildman–Crippen MR) is 207 cm³/mol. The summed E-state index contributed by atoms with van der Waals surface area (Å²) in [5.74, 6) is 0. The Morgan fingerprint density at radius 3 is 1.56 bits per heavy atom. The Kier molecular flexibility index (Phi) is 6.12. The van der Waals surface area contributed by atoms with E-state index >= 15 is 0 Å². The molecule has 48 heavy (non-hydrogen) atoms. The molecule has 0 aliphatic heterocycles. The Morgan fingerprint density at radius 2 is 0.896 bits per heavy atom. The van der Waals surface area contributed by atoms with Crippen molar-refractivity contribution in [3.63, 3.8) is 0 Å². The highest BCUT2D eigenvalue weighted by atomic mass is 32.1. The SMILES string of the molecule is c1ccc(-c2cc(-c3ccccc3)cc(-c3ccc(-n4c5ccccc5c5c6c(ccc54)sc4cc5ccccc5cc46)cc3)c2)cc1. The van der Waals surface area contributed by atoms with Crippen molar-refractivity contribution in [1.82, 2.24) is 4.57 Å². The Morgan fingerprint density at radius 1 is 0.333 bits per heavy atom. The van der Waals surface area contributed by atoms with Gasteiger partial charge < -0.3 is 4.57 Å². The second-order valence-electron chi connectivity index (χ2n) is 12.6. The summed E-state index contributed by atoms with van der Waals surface area (Å²) >= 11 is 1.89.